The van der Waals surface area contributed by atoms with E-state index in [9.17, 15) is 4.79 Å². The predicted molar refractivity (Wildman–Crippen MR) is 86.3 cm³/mol. The summed E-state index contributed by atoms with van der Waals surface area (Å²) in [4.78, 5) is 16.4. The van der Waals surface area contributed by atoms with Crippen LogP contribution >= 0.6 is 11.3 Å². The number of amides is 2. The lowest BCUT2D eigenvalue weighted by Crippen LogP contribution is -2.43. The third-order valence-electron chi connectivity index (χ3n) is 3.06. The Kier molecular flexibility index (Phi) is 4.59. The minimum atomic E-state index is -0.517. The Morgan fingerprint density at radius 1 is 1.43 bits per heavy atom. The van der Waals surface area contributed by atoms with E-state index in [0.717, 1.165) is 16.3 Å². The molecule has 0 radical (unpaired) electrons. The molecule has 2 aromatic rings. The summed E-state index contributed by atoms with van der Waals surface area (Å²) in [6.45, 7) is 5.75. The van der Waals surface area contributed by atoms with Crippen LogP contribution in [0.15, 0.2) is 35.8 Å². The number of carbonyl (C=O) groups is 1. The van der Waals surface area contributed by atoms with Gasteiger partial charge in [-0.25, -0.2) is 9.78 Å². The van der Waals surface area contributed by atoms with Gasteiger partial charge < -0.3 is 16.4 Å². The average Bonchev–Trinajstić information content (AvgIpc) is 2.92. The number of anilines is 1. The van der Waals surface area contributed by atoms with Crippen LogP contribution in [0.4, 0.5) is 10.5 Å². The van der Waals surface area contributed by atoms with Crippen molar-refractivity contribution in [3.05, 3.63) is 46.4 Å². The van der Waals surface area contributed by atoms with Crippen LogP contribution in [0.2, 0.25) is 0 Å². The first kappa shape index (κ1) is 15.5. The lowest BCUT2D eigenvalue weighted by molar-refractivity contribution is 0.242. The van der Waals surface area contributed by atoms with E-state index in [0.29, 0.717) is 0 Å². The van der Waals surface area contributed by atoms with Gasteiger partial charge in [0.15, 0.2) is 0 Å². The average molecular weight is 304 g/mol. The Morgan fingerprint density at radius 2 is 2.19 bits per heavy atom. The molecule has 0 aliphatic heterocycles. The van der Waals surface area contributed by atoms with Crippen LogP contribution in [-0.4, -0.2) is 11.0 Å². The van der Waals surface area contributed by atoms with Crippen molar-refractivity contribution >= 4 is 23.1 Å². The summed E-state index contributed by atoms with van der Waals surface area (Å²) in [6, 6.07) is 7.19. The summed E-state index contributed by atoms with van der Waals surface area (Å²) in [5.41, 5.74) is 7.03. The van der Waals surface area contributed by atoms with Gasteiger partial charge in [0.25, 0.3) is 0 Å². The number of nitrogens with one attached hydrogen (secondary N) is 2. The topological polar surface area (TPSA) is 80.0 Å². The van der Waals surface area contributed by atoms with E-state index < -0.39 is 5.54 Å². The Hall–Kier alpha value is -1.92. The number of carbonyl (C=O) groups excluding carboxylic acids is 1. The monoisotopic (exact) mass is 304 g/mol. The van der Waals surface area contributed by atoms with Gasteiger partial charge in [-0.1, -0.05) is 12.1 Å². The first-order chi connectivity index (χ1) is 9.88. The number of aromatic nitrogens is 1. The number of thiazole rings is 1. The summed E-state index contributed by atoms with van der Waals surface area (Å²) in [7, 11) is 0. The van der Waals surface area contributed by atoms with Crippen molar-refractivity contribution in [1.82, 2.24) is 10.3 Å². The highest BCUT2D eigenvalue weighted by molar-refractivity contribution is 7.09. The number of urea groups is 1. The molecule has 0 bridgehead atoms. The normalized spacial score (nSPS) is 12.8. The molecule has 4 N–H and O–H groups in total. The van der Waals surface area contributed by atoms with E-state index >= 15 is 0 Å². The number of nitrogens with two attached hydrogens (primary N) is 1. The molecule has 1 atom stereocenters. The summed E-state index contributed by atoms with van der Waals surface area (Å²) < 4.78 is 0. The maximum Gasteiger partial charge on any atom is 0.319 e. The quantitative estimate of drug-likeness (QED) is 0.811. The smallest absolute Gasteiger partial charge is 0.319 e. The lowest BCUT2D eigenvalue weighted by atomic mass is 10.1. The minimum absolute atomic E-state index is 0.0680. The standard InChI is InChI=1S/C15H20N4OS/c1-10(16)11-5-4-6-12(9-11)18-14(20)19-15(2,3)13-17-7-8-21-13/h4-10H,16H2,1-3H3,(H2,18,19,20). The number of rotatable bonds is 4. The van der Waals surface area contributed by atoms with Crippen molar-refractivity contribution in [2.24, 2.45) is 5.73 Å². The molecule has 2 amide bonds. The van der Waals surface area contributed by atoms with Crippen molar-refractivity contribution in [1.29, 1.82) is 0 Å². The fourth-order valence-electron chi connectivity index (χ4n) is 1.93. The first-order valence-corrected chi connectivity index (χ1v) is 7.61. The minimum Gasteiger partial charge on any atom is -0.326 e. The van der Waals surface area contributed by atoms with Crippen LogP contribution in [0.1, 0.15) is 37.4 Å². The molecule has 1 unspecified atom stereocenters. The largest absolute Gasteiger partial charge is 0.326 e. The van der Waals surface area contributed by atoms with Gasteiger partial charge in [-0.05, 0) is 38.5 Å². The zero-order valence-electron chi connectivity index (χ0n) is 12.4. The van der Waals surface area contributed by atoms with E-state index in [4.69, 9.17) is 5.73 Å². The Bertz CT molecular complexity index is 608. The highest BCUT2D eigenvalue weighted by Crippen LogP contribution is 2.22. The van der Waals surface area contributed by atoms with Crippen molar-refractivity contribution in [3.8, 4) is 0 Å². The van der Waals surface area contributed by atoms with Gasteiger partial charge in [-0.15, -0.1) is 11.3 Å². The van der Waals surface area contributed by atoms with Crippen LogP contribution in [0.25, 0.3) is 0 Å². The Balaban J connectivity index is 2.03. The van der Waals surface area contributed by atoms with E-state index in [-0.39, 0.29) is 12.1 Å². The fourth-order valence-corrected chi connectivity index (χ4v) is 2.65. The Labute approximate surface area is 128 Å². The summed E-state index contributed by atoms with van der Waals surface area (Å²) >= 11 is 1.51. The van der Waals surface area contributed by atoms with Crippen LogP contribution in [-0.2, 0) is 5.54 Å². The molecule has 0 fully saturated rings. The molecule has 2 rings (SSSR count). The second-order valence-electron chi connectivity index (χ2n) is 5.46. The third kappa shape index (κ3) is 4.03. The molecule has 5 nitrogen and oxygen atoms in total. The molecule has 0 aliphatic rings. The van der Waals surface area contributed by atoms with Crippen LogP contribution in [0, 0.1) is 0 Å². The van der Waals surface area contributed by atoms with E-state index in [1.165, 1.54) is 11.3 Å². The predicted octanol–water partition coefficient (Wildman–Crippen LogP) is 3.22. The molecule has 1 heterocycles. The summed E-state index contributed by atoms with van der Waals surface area (Å²) in [6.07, 6.45) is 1.73. The third-order valence-corrected chi connectivity index (χ3v) is 4.16. The molecule has 1 aromatic heterocycles. The fraction of sp³-hybridized carbons (Fsp3) is 0.333. The molecule has 0 saturated heterocycles. The molecule has 0 spiro atoms. The van der Waals surface area contributed by atoms with E-state index in [2.05, 4.69) is 15.6 Å². The van der Waals surface area contributed by atoms with Crippen molar-refractivity contribution in [3.63, 3.8) is 0 Å². The maximum atomic E-state index is 12.1. The number of nitrogens with zero attached hydrogens (tertiary/aromatic N) is 1. The van der Waals surface area contributed by atoms with Gasteiger partial charge in [0.1, 0.15) is 5.01 Å². The molecule has 112 valence electrons. The first-order valence-electron chi connectivity index (χ1n) is 6.73. The molecule has 21 heavy (non-hydrogen) atoms. The van der Waals surface area contributed by atoms with Crippen molar-refractivity contribution in [2.45, 2.75) is 32.4 Å². The Morgan fingerprint density at radius 3 is 2.81 bits per heavy atom. The molecule has 6 heteroatoms. The summed E-state index contributed by atoms with van der Waals surface area (Å²) in [5.74, 6) is 0. The zero-order valence-corrected chi connectivity index (χ0v) is 13.2. The number of hydrogen-bond acceptors (Lipinski definition) is 4. The highest BCUT2D eigenvalue weighted by atomic mass is 32.1. The van der Waals surface area contributed by atoms with Crippen molar-refractivity contribution in [2.75, 3.05) is 5.32 Å². The molecular formula is C15H20N4OS. The summed E-state index contributed by atoms with van der Waals surface area (Å²) in [5, 5.41) is 8.50. The van der Waals surface area contributed by atoms with Gasteiger partial charge in [0.2, 0.25) is 0 Å². The second kappa shape index (κ2) is 6.24. The maximum absolute atomic E-state index is 12.1. The number of hydrogen-bond donors (Lipinski definition) is 3. The SMILES string of the molecule is CC(N)c1cccc(NC(=O)NC(C)(C)c2nccs2)c1. The molecule has 0 saturated carbocycles. The molecular weight excluding hydrogens is 284 g/mol. The van der Waals surface area contributed by atoms with E-state index in [1.54, 1.807) is 6.20 Å². The van der Waals surface area contributed by atoms with E-state index in [1.807, 2.05) is 50.4 Å². The van der Waals surface area contributed by atoms with Gasteiger partial charge in [-0.2, -0.15) is 0 Å². The van der Waals surface area contributed by atoms with Gasteiger partial charge >= 0.3 is 6.03 Å². The van der Waals surface area contributed by atoms with Crippen LogP contribution in [0.5, 0.6) is 0 Å². The second-order valence-corrected chi connectivity index (χ2v) is 6.35. The van der Waals surface area contributed by atoms with Gasteiger partial charge in [0, 0.05) is 23.3 Å². The van der Waals surface area contributed by atoms with Gasteiger partial charge in [0.05, 0.1) is 5.54 Å². The molecule has 0 aliphatic carbocycles. The highest BCUT2D eigenvalue weighted by Gasteiger charge is 2.25. The van der Waals surface area contributed by atoms with Crippen LogP contribution in [0.3, 0.4) is 0 Å². The van der Waals surface area contributed by atoms with Crippen molar-refractivity contribution < 1.29 is 4.79 Å². The van der Waals surface area contributed by atoms with Gasteiger partial charge in [-0.3, -0.25) is 0 Å². The van der Waals surface area contributed by atoms with Crippen LogP contribution < -0.4 is 16.4 Å². The molecule has 1 aromatic carbocycles. The lowest BCUT2D eigenvalue weighted by Gasteiger charge is -2.24. The zero-order chi connectivity index (χ0) is 15.5. The number of benzene rings is 1.